The van der Waals surface area contributed by atoms with Gasteiger partial charge in [-0.2, -0.15) is 5.26 Å². The van der Waals surface area contributed by atoms with Gasteiger partial charge in [0.05, 0.1) is 40.6 Å². The number of benzene rings is 1. The number of rotatable bonds is 3. The van der Waals surface area contributed by atoms with E-state index < -0.39 is 23.0 Å². The summed E-state index contributed by atoms with van der Waals surface area (Å²) in [6, 6.07) is 11.6. The molecule has 0 aliphatic carbocycles. The predicted molar refractivity (Wildman–Crippen MR) is 199 cm³/mol. The second-order valence-electron chi connectivity index (χ2n) is 15.5. The minimum atomic E-state index is -0.897. The molecule has 3 aromatic heterocycles. The number of likely N-dealkylation sites (N-methyl/N-ethyl adjacent to an activating group) is 1. The average Bonchev–Trinajstić information content (AvgIpc) is 3.72. The first kappa shape index (κ1) is 35.1. The highest BCUT2D eigenvalue weighted by Crippen LogP contribution is 2.43. The van der Waals surface area contributed by atoms with Crippen molar-refractivity contribution in [2.45, 2.75) is 71.0 Å². The molecule has 4 aromatic rings. The number of pyridine rings is 1. The molecule has 0 saturated carbocycles. The molecule has 2 fully saturated rings. The molecule has 0 spiro atoms. The minimum Gasteiger partial charge on any atom is -0.464 e. The van der Waals surface area contributed by atoms with E-state index in [1.165, 1.54) is 16.3 Å². The highest BCUT2D eigenvalue weighted by Gasteiger charge is 2.35. The Morgan fingerprint density at radius 2 is 1.88 bits per heavy atom. The number of ether oxygens (including phenoxy) is 1. The first-order chi connectivity index (χ1) is 24.3. The number of nitrogens with zero attached hydrogens (tertiary/aromatic N) is 7. The van der Waals surface area contributed by atoms with Crippen LogP contribution in [0, 0.1) is 16.7 Å². The number of nitrogens with one attached hydrogen (secondary N) is 1. The van der Waals surface area contributed by atoms with E-state index in [0.29, 0.717) is 25.8 Å². The van der Waals surface area contributed by atoms with Gasteiger partial charge in [-0.05, 0) is 70.0 Å². The molecule has 1 aromatic carbocycles. The maximum atomic E-state index is 13.5. The molecule has 268 valence electrons. The van der Waals surface area contributed by atoms with Crippen LogP contribution in [0.4, 0.5) is 5.82 Å². The molecule has 7 rings (SSSR count). The third kappa shape index (κ3) is 6.98. The van der Waals surface area contributed by atoms with Crippen molar-refractivity contribution < 1.29 is 14.3 Å². The smallest absolute Gasteiger partial charge is 0.324 e. The Balaban J connectivity index is 1.40. The number of piperazine rings is 1. The van der Waals surface area contributed by atoms with Crippen molar-refractivity contribution in [2.75, 3.05) is 51.3 Å². The van der Waals surface area contributed by atoms with Crippen LogP contribution in [0.2, 0.25) is 0 Å². The van der Waals surface area contributed by atoms with Crippen molar-refractivity contribution in [2.24, 2.45) is 11.1 Å². The number of carbonyl (C=O) groups excluding carboxylic acids is 2. The molecule has 3 aliphatic rings. The van der Waals surface area contributed by atoms with Gasteiger partial charge in [-0.15, -0.1) is 11.3 Å². The van der Waals surface area contributed by atoms with E-state index in [1.807, 2.05) is 31.5 Å². The number of hydrogen-bond donors (Lipinski definition) is 2. The zero-order chi connectivity index (χ0) is 36.1. The number of fused-ring (bicyclic) bond motifs is 6. The van der Waals surface area contributed by atoms with E-state index in [-0.39, 0.29) is 24.9 Å². The molecule has 0 radical (unpaired) electrons. The quantitative estimate of drug-likeness (QED) is 0.295. The Labute approximate surface area is 303 Å². The Bertz CT molecular complexity index is 2000. The number of carbonyl (C=O) groups is 2. The van der Waals surface area contributed by atoms with Crippen LogP contribution in [-0.4, -0.2) is 94.8 Å². The number of cyclic esters (lactones) is 1. The molecule has 3 aliphatic heterocycles. The van der Waals surface area contributed by atoms with E-state index >= 15 is 0 Å². The molecule has 51 heavy (non-hydrogen) atoms. The van der Waals surface area contributed by atoms with Crippen LogP contribution >= 0.6 is 11.3 Å². The second kappa shape index (κ2) is 13.7. The zero-order valence-corrected chi connectivity index (χ0v) is 30.9. The van der Waals surface area contributed by atoms with E-state index in [4.69, 9.17) is 20.4 Å². The van der Waals surface area contributed by atoms with Crippen LogP contribution in [0.5, 0.6) is 0 Å². The van der Waals surface area contributed by atoms with Crippen molar-refractivity contribution in [3.05, 3.63) is 52.5 Å². The van der Waals surface area contributed by atoms with Gasteiger partial charge in [0.15, 0.2) is 0 Å². The maximum absolute atomic E-state index is 13.5. The van der Waals surface area contributed by atoms with E-state index in [2.05, 4.69) is 71.0 Å². The van der Waals surface area contributed by atoms with E-state index in [1.54, 1.807) is 0 Å². The summed E-state index contributed by atoms with van der Waals surface area (Å²) in [7, 11) is 2.14. The van der Waals surface area contributed by atoms with Crippen LogP contribution in [0.15, 0.2) is 41.9 Å². The lowest BCUT2D eigenvalue weighted by atomic mass is 9.84. The van der Waals surface area contributed by atoms with Gasteiger partial charge in [0.25, 0.3) is 5.91 Å². The van der Waals surface area contributed by atoms with Gasteiger partial charge in [-0.1, -0.05) is 19.9 Å². The van der Waals surface area contributed by atoms with Crippen molar-refractivity contribution in [1.29, 1.82) is 5.26 Å². The fourth-order valence-corrected chi connectivity index (χ4v) is 8.29. The highest BCUT2D eigenvalue weighted by molar-refractivity contribution is 7.10. The number of anilines is 1. The van der Waals surface area contributed by atoms with Crippen molar-refractivity contribution in [3.63, 3.8) is 0 Å². The first-order valence-corrected chi connectivity index (χ1v) is 18.6. The zero-order valence-electron chi connectivity index (χ0n) is 30.1. The van der Waals surface area contributed by atoms with Gasteiger partial charge >= 0.3 is 5.97 Å². The lowest BCUT2D eigenvalue weighted by Crippen LogP contribution is -2.59. The third-order valence-electron chi connectivity index (χ3n) is 10.3. The van der Waals surface area contributed by atoms with Crippen molar-refractivity contribution in [1.82, 2.24) is 29.9 Å². The van der Waals surface area contributed by atoms with Gasteiger partial charge in [0, 0.05) is 72.6 Å². The summed E-state index contributed by atoms with van der Waals surface area (Å²) in [5.41, 5.74) is 13.8. The van der Waals surface area contributed by atoms with Gasteiger partial charge in [0.2, 0.25) is 0 Å². The monoisotopic (exact) mass is 709 g/mol. The lowest BCUT2D eigenvalue weighted by molar-refractivity contribution is -0.154. The minimum absolute atomic E-state index is 0.170. The topological polar surface area (TPSA) is 146 Å². The predicted octanol–water partition coefficient (Wildman–Crippen LogP) is 4.33. The number of thiazole rings is 1. The lowest BCUT2D eigenvalue weighted by Gasteiger charge is -2.34. The summed E-state index contributed by atoms with van der Waals surface area (Å²) < 4.78 is 8.17. The van der Waals surface area contributed by atoms with Crippen LogP contribution < -0.4 is 16.1 Å². The highest BCUT2D eigenvalue weighted by atomic mass is 32.1. The van der Waals surface area contributed by atoms with Gasteiger partial charge in [-0.3, -0.25) is 14.6 Å². The largest absolute Gasteiger partial charge is 0.464 e. The van der Waals surface area contributed by atoms with E-state index in [9.17, 15) is 14.9 Å². The fourth-order valence-electron chi connectivity index (χ4n) is 7.43. The second-order valence-corrected chi connectivity index (χ2v) is 16.4. The van der Waals surface area contributed by atoms with Crippen molar-refractivity contribution in [3.8, 4) is 28.6 Å². The summed E-state index contributed by atoms with van der Waals surface area (Å²) in [5, 5.41) is 15.9. The Morgan fingerprint density at radius 3 is 2.65 bits per heavy atom. The number of hydrazine groups is 1. The Hall–Kier alpha value is -4.35. The van der Waals surface area contributed by atoms with Crippen LogP contribution in [0.1, 0.15) is 51.1 Å². The Morgan fingerprint density at radius 1 is 1.10 bits per heavy atom. The number of esters is 1. The number of amides is 1. The number of nitriles is 1. The van der Waals surface area contributed by atoms with Gasteiger partial charge in [0.1, 0.15) is 17.4 Å². The van der Waals surface area contributed by atoms with Crippen LogP contribution in [-0.2, 0) is 32.7 Å². The summed E-state index contributed by atoms with van der Waals surface area (Å²) in [5.74, 6) is 0.258. The normalized spacial score (nSPS) is 22.1. The summed E-state index contributed by atoms with van der Waals surface area (Å²) in [4.78, 5) is 41.2. The van der Waals surface area contributed by atoms with Crippen LogP contribution in [0.3, 0.4) is 0 Å². The molecule has 0 unspecified atom stereocenters. The average molecular weight is 710 g/mol. The summed E-state index contributed by atoms with van der Waals surface area (Å²) in [6.07, 6.45) is 3.94. The molecule has 6 heterocycles. The SMILES string of the molecule is CN1CCN(c2cc(-c3c4c5cc(ccc5n3C(C)(C)C#N)-c3csc(n3)C[C@H](N)C(=O)N3CCC[C@H](N3)C(=O)OCC(C)(C)C4)ccn2)CC1. The number of aromatic nitrogens is 3. The Kier molecular flexibility index (Phi) is 9.39. The molecule has 12 nitrogen and oxygen atoms in total. The molecular formula is C38H47N9O3S. The molecule has 1 amide bonds. The number of hydrogen-bond acceptors (Lipinski definition) is 11. The third-order valence-corrected chi connectivity index (χ3v) is 11.2. The van der Waals surface area contributed by atoms with E-state index in [0.717, 1.165) is 76.0 Å². The van der Waals surface area contributed by atoms with Gasteiger partial charge < -0.3 is 24.8 Å². The summed E-state index contributed by atoms with van der Waals surface area (Å²) >= 11 is 1.48. The molecule has 6 bridgehead atoms. The molecule has 13 heteroatoms. The maximum Gasteiger partial charge on any atom is 0.324 e. The molecular weight excluding hydrogens is 663 g/mol. The summed E-state index contributed by atoms with van der Waals surface area (Å²) in [6.45, 7) is 12.4. The van der Waals surface area contributed by atoms with Gasteiger partial charge in [-0.25, -0.2) is 15.4 Å². The first-order valence-electron chi connectivity index (χ1n) is 17.8. The fraction of sp³-hybridized carbons (Fsp3) is 0.500. The van der Waals surface area contributed by atoms with Crippen molar-refractivity contribution >= 4 is 39.9 Å². The number of nitrogens with two attached hydrogens (primary N) is 1. The molecule has 3 N–H and O–H groups in total. The standard InChI is InChI=1S/C38H47N9O3S/c1-37(2)20-27-26-17-24(30-21-51-33(42-30)19-28(40)35(48)46-12-6-7-29(43-46)36(49)50-23-37)8-9-31(26)47(38(3,4)22-39)34(27)25-10-11-41-32(18-25)45-15-13-44(5)14-16-45/h8-11,17-18,21,28-29,43H,6-7,12-16,19-20,23,40H2,1-5H3/t28-,29-/m0/s1. The molecule has 2 atom stereocenters. The molecule has 2 saturated heterocycles. The van der Waals surface area contributed by atoms with Crippen LogP contribution in [0.25, 0.3) is 33.4 Å².